The standard InChI is InChI=1S/C17H20N2O/c1-20-17-7-4-15-12-19(9-8-14(15)10-17)11-13-2-5-16(18)6-3-13/h2-7,10H,8-9,11-12,18H2,1H3. The molecule has 0 bridgehead atoms. The van der Waals surface area contributed by atoms with Gasteiger partial charge in [0.15, 0.2) is 0 Å². The maximum absolute atomic E-state index is 5.72. The van der Waals surface area contributed by atoms with Gasteiger partial charge in [-0.3, -0.25) is 4.90 Å². The maximum atomic E-state index is 5.72. The molecule has 1 aliphatic rings. The van der Waals surface area contributed by atoms with Crippen LogP contribution < -0.4 is 10.5 Å². The molecule has 2 N–H and O–H groups in total. The Labute approximate surface area is 120 Å². The fraction of sp³-hybridized carbons (Fsp3) is 0.294. The third-order valence-corrected chi connectivity index (χ3v) is 3.89. The molecule has 0 atom stereocenters. The molecule has 3 nitrogen and oxygen atoms in total. The van der Waals surface area contributed by atoms with E-state index in [4.69, 9.17) is 10.5 Å². The number of anilines is 1. The Balaban J connectivity index is 1.70. The average Bonchev–Trinajstić information content (AvgIpc) is 2.49. The van der Waals surface area contributed by atoms with E-state index in [0.717, 1.165) is 37.5 Å². The zero-order chi connectivity index (χ0) is 13.9. The highest BCUT2D eigenvalue weighted by molar-refractivity contribution is 5.40. The van der Waals surface area contributed by atoms with E-state index in [1.807, 2.05) is 18.2 Å². The lowest BCUT2D eigenvalue weighted by molar-refractivity contribution is 0.245. The molecule has 0 saturated carbocycles. The van der Waals surface area contributed by atoms with Crippen molar-refractivity contribution < 1.29 is 4.74 Å². The van der Waals surface area contributed by atoms with Gasteiger partial charge >= 0.3 is 0 Å². The number of nitrogens with zero attached hydrogens (tertiary/aromatic N) is 1. The minimum Gasteiger partial charge on any atom is -0.497 e. The van der Waals surface area contributed by atoms with Gasteiger partial charge < -0.3 is 10.5 Å². The monoisotopic (exact) mass is 268 g/mol. The van der Waals surface area contributed by atoms with E-state index in [1.54, 1.807) is 7.11 Å². The highest BCUT2D eigenvalue weighted by atomic mass is 16.5. The minimum absolute atomic E-state index is 0.824. The van der Waals surface area contributed by atoms with E-state index in [1.165, 1.54) is 16.7 Å². The van der Waals surface area contributed by atoms with Crippen molar-refractivity contribution in [1.29, 1.82) is 0 Å². The zero-order valence-corrected chi connectivity index (χ0v) is 11.8. The molecule has 104 valence electrons. The normalized spacial score (nSPS) is 14.8. The first-order chi connectivity index (χ1) is 9.74. The molecule has 20 heavy (non-hydrogen) atoms. The van der Waals surface area contributed by atoms with E-state index in [0.29, 0.717) is 0 Å². The van der Waals surface area contributed by atoms with Crippen molar-refractivity contribution in [2.75, 3.05) is 19.4 Å². The molecule has 3 heteroatoms. The summed E-state index contributed by atoms with van der Waals surface area (Å²) in [5.74, 6) is 0.954. The van der Waals surface area contributed by atoms with Crippen molar-refractivity contribution in [3.05, 3.63) is 59.2 Å². The van der Waals surface area contributed by atoms with E-state index in [9.17, 15) is 0 Å². The molecule has 1 heterocycles. The van der Waals surface area contributed by atoms with Crippen molar-refractivity contribution in [3.8, 4) is 5.75 Å². The van der Waals surface area contributed by atoms with Crippen molar-refractivity contribution >= 4 is 5.69 Å². The van der Waals surface area contributed by atoms with Gasteiger partial charge in [0.25, 0.3) is 0 Å². The topological polar surface area (TPSA) is 38.5 Å². The van der Waals surface area contributed by atoms with Crippen LogP contribution in [0.3, 0.4) is 0 Å². The summed E-state index contributed by atoms with van der Waals surface area (Å²) < 4.78 is 5.29. The summed E-state index contributed by atoms with van der Waals surface area (Å²) in [5, 5.41) is 0. The van der Waals surface area contributed by atoms with Crippen molar-refractivity contribution in [1.82, 2.24) is 4.90 Å². The molecule has 3 rings (SSSR count). The highest BCUT2D eigenvalue weighted by Gasteiger charge is 2.16. The van der Waals surface area contributed by atoms with Crippen molar-refractivity contribution in [3.63, 3.8) is 0 Å². The molecule has 0 fully saturated rings. The van der Waals surface area contributed by atoms with Crippen LogP contribution >= 0.6 is 0 Å². The Morgan fingerprint density at radius 3 is 2.65 bits per heavy atom. The third-order valence-electron chi connectivity index (χ3n) is 3.89. The van der Waals surface area contributed by atoms with Crippen LogP contribution in [0, 0.1) is 0 Å². The number of rotatable bonds is 3. The molecule has 0 saturated heterocycles. The lowest BCUT2D eigenvalue weighted by atomic mass is 9.99. The Morgan fingerprint density at radius 1 is 1.10 bits per heavy atom. The van der Waals surface area contributed by atoms with Gasteiger partial charge in [0.1, 0.15) is 5.75 Å². The fourth-order valence-corrected chi connectivity index (χ4v) is 2.73. The van der Waals surface area contributed by atoms with Gasteiger partial charge in [0, 0.05) is 25.3 Å². The Morgan fingerprint density at radius 2 is 1.90 bits per heavy atom. The van der Waals surface area contributed by atoms with Crippen LogP contribution in [0.2, 0.25) is 0 Å². The summed E-state index contributed by atoms with van der Waals surface area (Å²) in [6.07, 6.45) is 1.08. The summed E-state index contributed by atoms with van der Waals surface area (Å²) in [7, 11) is 1.72. The quantitative estimate of drug-likeness (QED) is 0.870. The highest BCUT2D eigenvalue weighted by Crippen LogP contribution is 2.24. The molecule has 0 amide bonds. The van der Waals surface area contributed by atoms with Gasteiger partial charge in [-0.2, -0.15) is 0 Å². The van der Waals surface area contributed by atoms with Gasteiger partial charge in [-0.25, -0.2) is 0 Å². The predicted octanol–water partition coefficient (Wildman–Crippen LogP) is 2.84. The number of fused-ring (bicyclic) bond motifs is 1. The SMILES string of the molecule is COc1ccc2c(c1)CCN(Cc1ccc(N)cc1)C2. The molecule has 0 aromatic heterocycles. The molecule has 0 unspecified atom stereocenters. The first-order valence-corrected chi connectivity index (χ1v) is 6.97. The largest absolute Gasteiger partial charge is 0.497 e. The summed E-state index contributed by atoms with van der Waals surface area (Å²) in [6.45, 7) is 3.07. The van der Waals surface area contributed by atoms with E-state index in [2.05, 4.69) is 29.2 Å². The Kier molecular flexibility index (Phi) is 3.61. The zero-order valence-electron chi connectivity index (χ0n) is 11.8. The van der Waals surface area contributed by atoms with Crippen LogP contribution in [0.1, 0.15) is 16.7 Å². The van der Waals surface area contributed by atoms with Crippen LogP contribution in [-0.4, -0.2) is 18.6 Å². The second-order valence-electron chi connectivity index (χ2n) is 5.34. The number of nitrogen functional groups attached to an aromatic ring is 1. The number of hydrogen-bond acceptors (Lipinski definition) is 3. The van der Waals surface area contributed by atoms with Crippen LogP contribution in [0.15, 0.2) is 42.5 Å². The average molecular weight is 268 g/mol. The summed E-state index contributed by atoms with van der Waals surface area (Å²) in [5.41, 5.74) is 10.7. The van der Waals surface area contributed by atoms with Crippen LogP contribution in [0.4, 0.5) is 5.69 Å². The van der Waals surface area contributed by atoms with Crippen LogP contribution in [0.5, 0.6) is 5.75 Å². The lowest BCUT2D eigenvalue weighted by Crippen LogP contribution is -2.30. The minimum atomic E-state index is 0.824. The molecular formula is C17H20N2O. The molecule has 2 aromatic rings. The number of nitrogens with two attached hydrogens (primary N) is 1. The van der Waals surface area contributed by atoms with E-state index < -0.39 is 0 Å². The van der Waals surface area contributed by atoms with Crippen LogP contribution in [0.25, 0.3) is 0 Å². The first kappa shape index (κ1) is 13.0. The number of ether oxygens (including phenoxy) is 1. The second kappa shape index (κ2) is 5.55. The van der Waals surface area contributed by atoms with Gasteiger partial charge in [0.2, 0.25) is 0 Å². The van der Waals surface area contributed by atoms with E-state index in [-0.39, 0.29) is 0 Å². The van der Waals surface area contributed by atoms with Crippen molar-refractivity contribution in [2.45, 2.75) is 19.5 Å². The lowest BCUT2D eigenvalue weighted by Gasteiger charge is -2.29. The van der Waals surface area contributed by atoms with Gasteiger partial charge in [0.05, 0.1) is 7.11 Å². The molecule has 0 radical (unpaired) electrons. The van der Waals surface area contributed by atoms with Gasteiger partial charge in [-0.1, -0.05) is 18.2 Å². The number of benzene rings is 2. The maximum Gasteiger partial charge on any atom is 0.119 e. The molecule has 0 spiro atoms. The first-order valence-electron chi connectivity index (χ1n) is 6.97. The summed E-state index contributed by atoms with van der Waals surface area (Å²) in [6, 6.07) is 14.6. The fourth-order valence-electron chi connectivity index (χ4n) is 2.73. The Hall–Kier alpha value is -2.00. The molecular weight excluding hydrogens is 248 g/mol. The Bertz CT molecular complexity index is 592. The molecule has 2 aromatic carbocycles. The van der Waals surface area contributed by atoms with Crippen molar-refractivity contribution in [2.24, 2.45) is 0 Å². The second-order valence-corrected chi connectivity index (χ2v) is 5.34. The molecule has 1 aliphatic heterocycles. The van der Waals surface area contributed by atoms with Gasteiger partial charge in [-0.05, 0) is 47.4 Å². The smallest absolute Gasteiger partial charge is 0.119 e. The number of methoxy groups -OCH3 is 1. The summed E-state index contributed by atoms with van der Waals surface area (Å²) >= 11 is 0. The molecule has 0 aliphatic carbocycles. The summed E-state index contributed by atoms with van der Waals surface area (Å²) in [4.78, 5) is 2.47. The number of hydrogen-bond donors (Lipinski definition) is 1. The van der Waals surface area contributed by atoms with E-state index >= 15 is 0 Å². The van der Waals surface area contributed by atoms with Crippen LogP contribution in [-0.2, 0) is 19.5 Å². The third kappa shape index (κ3) is 2.78. The van der Waals surface area contributed by atoms with Gasteiger partial charge in [-0.15, -0.1) is 0 Å². The predicted molar refractivity (Wildman–Crippen MR) is 81.7 cm³/mol.